The minimum absolute atomic E-state index is 0.558. The first-order valence-corrected chi connectivity index (χ1v) is 7.77. The van der Waals surface area contributed by atoms with Gasteiger partial charge in [0.1, 0.15) is 0 Å². The van der Waals surface area contributed by atoms with Gasteiger partial charge in [-0.3, -0.25) is 19.5 Å². The van der Waals surface area contributed by atoms with E-state index in [2.05, 4.69) is 4.98 Å². The lowest BCUT2D eigenvalue weighted by Gasteiger charge is -2.21. The third-order valence-corrected chi connectivity index (χ3v) is 3.58. The number of aliphatic carboxylic acids is 2. The SMILES string of the molecule is CN(c1ccncc1)n1cc(C=O)c2ccccc21.O=C(O)C=CC(=O)O. The summed E-state index contributed by atoms with van der Waals surface area (Å²) in [5.41, 5.74) is 2.70. The van der Waals surface area contributed by atoms with Crippen LogP contribution in [0.25, 0.3) is 10.9 Å². The van der Waals surface area contributed by atoms with Crippen molar-refractivity contribution in [2.45, 2.75) is 0 Å². The predicted molar refractivity (Wildman–Crippen MR) is 99.8 cm³/mol. The fourth-order valence-electron chi connectivity index (χ4n) is 2.36. The Balaban J connectivity index is 0.000000279. The predicted octanol–water partition coefficient (Wildman–Crippen LogP) is 2.46. The summed E-state index contributed by atoms with van der Waals surface area (Å²) < 4.78 is 1.97. The van der Waals surface area contributed by atoms with Crippen molar-refractivity contribution in [3.05, 3.63) is 72.7 Å². The number of para-hydroxylation sites is 1. The second-order valence-electron chi connectivity index (χ2n) is 5.30. The minimum Gasteiger partial charge on any atom is -0.478 e. The number of aldehydes is 1. The maximum absolute atomic E-state index is 11.2. The van der Waals surface area contributed by atoms with Gasteiger partial charge in [0.05, 0.1) is 11.2 Å². The molecule has 0 spiro atoms. The molecule has 8 nitrogen and oxygen atoms in total. The van der Waals surface area contributed by atoms with E-state index in [0.717, 1.165) is 22.9 Å². The Hall–Kier alpha value is -3.94. The first-order chi connectivity index (χ1) is 12.9. The summed E-state index contributed by atoms with van der Waals surface area (Å²) in [5.74, 6) is -2.51. The molecule has 2 N–H and O–H groups in total. The molecule has 0 saturated heterocycles. The van der Waals surface area contributed by atoms with E-state index in [9.17, 15) is 14.4 Å². The molecule has 2 aromatic heterocycles. The number of carbonyl (C=O) groups is 3. The average Bonchev–Trinajstić information content (AvgIpc) is 3.06. The van der Waals surface area contributed by atoms with Crippen LogP contribution >= 0.6 is 0 Å². The number of hydrogen-bond acceptors (Lipinski definition) is 5. The molecule has 0 atom stereocenters. The molecule has 3 aromatic rings. The van der Waals surface area contributed by atoms with Gasteiger partial charge in [0.25, 0.3) is 0 Å². The fraction of sp³-hybridized carbons (Fsp3) is 0.0526. The van der Waals surface area contributed by atoms with E-state index in [1.165, 1.54) is 0 Å². The average molecular weight is 367 g/mol. The summed E-state index contributed by atoms with van der Waals surface area (Å²) in [4.78, 5) is 34.3. The van der Waals surface area contributed by atoms with Crippen LogP contribution < -0.4 is 5.01 Å². The van der Waals surface area contributed by atoms with Gasteiger partial charge in [0.15, 0.2) is 6.29 Å². The van der Waals surface area contributed by atoms with Gasteiger partial charge in [0, 0.05) is 48.7 Å². The Morgan fingerprint density at radius 2 is 1.63 bits per heavy atom. The van der Waals surface area contributed by atoms with Crippen molar-refractivity contribution in [2.75, 3.05) is 12.1 Å². The van der Waals surface area contributed by atoms with E-state index >= 15 is 0 Å². The third kappa shape index (κ3) is 5.02. The standard InChI is InChI=1S/C15H13N3O.C4H4O4/c1-17(13-6-8-16-9-7-13)18-10-12(11-19)14-4-2-3-5-15(14)18;5-3(6)1-2-4(7)8/h2-11H,1H3;1-2H,(H,5,6)(H,7,8). The molecule has 0 saturated carbocycles. The molecule has 0 aliphatic carbocycles. The molecular weight excluding hydrogens is 350 g/mol. The van der Waals surface area contributed by atoms with Gasteiger partial charge in [-0.15, -0.1) is 0 Å². The van der Waals surface area contributed by atoms with E-state index in [0.29, 0.717) is 17.7 Å². The van der Waals surface area contributed by atoms with Crippen LogP contribution in [0.4, 0.5) is 5.69 Å². The lowest BCUT2D eigenvalue weighted by atomic mass is 10.2. The molecular formula is C19H17N3O5. The van der Waals surface area contributed by atoms with Crippen LogP contribution in [0.1, 0.15) is 10.4 Å². The smallest absolute Gasteiger partial charge is 0.328 e. The summed E-state index contributed by atoms with van der Waals surface area (Å²) in [6.07, 6.45) is 7.35. The maximum atomic E-state index is 11.2. The van der Waals surface area contributed by atoms with E-state index in [-0.39, 0.29) is 0 Å². The van der Waals surface area contributed by atoms with Crippen LogP contribution in [0.3, 0.4) is 0 Å². The van der Waals surface area contributed by atoms with Crippen molar-refractivity contribution < 1.29 is 24.6 Å². The van der Waals surface area contributed by atoms with Crippen LogP contribution in [0.5, 0.6) is 0 Å². The number of aromatic nitrogens is 2. The number of anilines is 1. The lowest BCUT2D eigenvalue weighted by Crippen LogP contribution is -2.23. The Morgan fingerprint density at radius 3 is 2.19 bits per heavy atom. The van der Waals surface area contributed by atoms with Gasteiger partial charge < -0.3 is 10.2 Å². The van der Waals surface area contributed by atoms with Crippen LogP contribution in [0, 0.1) is 0 Å². The van der Waals surface area contributed by atoms with Gasteiger partial charge in [-0.05, 0) is 18.2 Å². The van der Waals surface area contributed by atoms with Gasteiger partial charge >= 0.3 is 11.9 Å². The zero-order valence-corrected chi connectivity index (χ0v) is 14.4. The summed E-state index contributed by atoms with van der Waals surface area (Å²) in [6.45, 7) is 0. The van der Waals surface area contributed by atoms with Gasteiger partial charge in [-0.2, -0.15) is 0 Å². The number of carboxylic acid groups (broad SMARTS) is 2. The molecule has 0 unspecified atom stereocenters. The Morgan fingerprint density at radius 1 is 1.04 bits per heavy atom. The Kier molecular flexibility index (Phi) is 6.43. The molecule has 1 aromatic carbocycles. The highest BCUT2D eigenvalue weighted by atomic mass is 16.4. The molecule has 0 bridgehead atoms. The molecule has 0 radical (unpaired) electrons. The topological polar surface area (TPSA) is 113 Å². The van der Waals surface area contributed by atoms with Crippen molar-refractivity contribution in [1.29, 1.82) is 0 Å². The number of benzene rings is 1. The van der Waals surface area contributed by atoms with Crippen molar-refractivity contribution in [3.8, 4) is 0 Å². The van der Waals surface area contributed by atoms with Gasteiger partial charge in [-0.1, -0.05) is 18.2 Å². The molecule has 0 aliphatic heterocycles. The quantitative estimate of drug-likeness (QED) is 0.526. The largest absolute Gasteiger partial charge is 0.478 e. The molecule has 8 heteroatoms. The molecule has 0 fully saturated rings. The number of carboxylic acids is 2. The van der Waals surface area contributed by atoms with E-state index in [1.807, 2.05) is 59.3 Å². The van der Waals surface area contributed by atoms with Crippen LogP contribution in [0.15, 0.2) is 67.1 Å². The molecule has 0 amide bonds. The number of hydrogen-bond donors (Lipinski definition) is 2. The summed E-state index contributed by atoms with van der Waals surface area (Å²) in [6, 6.07) is 11.7. The van der Waals surface area contributed by atoms with Gasteiger partial charge in [-0.25, -0.2) is 9.59 Å². The van der Waals surface area contributed by atoms with Gasteiger partial charge in [0.2, 0.25) is 0 Å². The highest BCUT2D eigenvalue weighted by Gasteiger charge is 2.11. The highest BCUT2D eigenvalue weighted by molar-refractivity contribution is 5.98. The first kappa shape index (κ1) is 19.4. The molecule has 2 heterocycles. The maximum Gasteiger partial charge on any atom is 0.328 e. The minimum atomic E-state index is -1.26. The number of pyridine rings is 1. The third-order valence-electron chi connectivity index (χ3n) is 3.58. The summed E-state index contributed by atoms with van der Waals surface area (Å²) in [7, 11) is 1.95. The van der Waals surface area contributed by atoms with Crippen molar-refractivity contribution >= 4 is 34.8 Å². The van der Waals surface area contributed by atoms with E-state index in [4.69, 9.17) is 10.2 Å². The van der Waals surface area contributed by atoms with Crippen LogP contribution in [0.2, 0.25) is 0 Å². The van der Waals surface area contributed by atoms with Crippen molar-refractivity contribution in [1.82, 2.24) is 9.66 Å². The van der Waals surface area contributed by atoms with Crippen molar-refractivity contribution in [2.24, 2.45) is 0 Å². The second-order valence-corrected chi connectivity index (χ2v) is 5.30. The highest BCUT2D eigenvalue weighted by Crippen LogP contribution is 2.22. The monoisotopic (exact) mass is 367 g/mol. The summed E-state index contributed by atoms with van der Waals surface area (Å²) >= 11 is 0. The normalized spacial score (nSPS) is 10.3. The second kappa shape index (κ2) is 8.95. The number of rotatable bonds is 5. The molecule has 27 heavy (non-hydrogen) atoms. The first-order valence-electron chi connectivity index (χ1n) is 7.77. The van der Waals surface area contributed by atoms with Crippen LogP contribution in [-0.4, -0.2) is 45.1 Å². The van der Waals surface area contributed by atoms with E-state index in [1.54, 1.807) is 12.4 Å². The zero-order valence-electron chi connectivity index (χ0n) is 14.4. The lowest BCUT2D eigenvalue weighted by molar-refractivity contribution is -0.134. The number of nitrogens with zero attached hydrogens (tertiary/aromatic N) is 3. The van der Waals surface area contributed by atoms with Crippen molar-refractivity contribution in [3.63, 3.8) is 0 Å². The van der Waals surface area contributed by atoms with Crippen LogP contribution in [-0.2, 0) is 9.59 Å². The summed E-state index contributed by atoms with van der Waals surface area (Å²) in [5, 5.41) is 18.6. The fourth-order valence-corrected chi connectivity index (χ4v) is 2.36. The molecule has 0 aliphatic rings. The number of carbonyl (C=O) groups excluding carboxylic acids is 1. The number of fused-ring (bicyclic) bond motifs is 1. The zero-order chi connectivity index (χ0) is 19.8. The Bertz CT molecular complexity index is 963. The van der Waals surface area contributed by atoms with E-state index < -0.39 is 11.9 Å². The molecule has 138 valence electrons. The Labute approximate surface area is 154 Å². The molecule has 3 rings (SSSR count).